The highest BCUT2D eigenvalue weighted by atomic mass is 16.5. The van der Waals surface area contributed by atoms with Crippen LogP contribution in [0.25, 0.3) is 0 Å². The molecule has 1 aliphatic rings. The monoisotopic (exact) mass is 363 g/mol. The van der Waals surface area contributed by atoms with E-state index in [9.17, 15) is 4.79 Å². The van der Waals surface area contributed by atoms with Crippen molar-refractivity contribution in [1.29, 1.82) is 0 Å². The summed E-state index contributed by atoms with van der Waals surface area (Å²) in [5.74, 6) is 1.82. The first-order valence-electron chi connectivity index (χ1n) is 8.98. The van der Waals surface area contributed by atoms with Crippen LogP contribution in [0.2, 0.25) is 0 Å². The van der Waals surface area contributed by atoms with Crippen LogP contribution in [0.3, 0.4) is 0 Å². The summed E-state index contributed by atoms with van der Waals surface area (Å²) in [5, 5.41) is 6.92. The zero-order valence-electron chi connectivity index (χ0n) is 15.1. The molecule has 1 heterocycles. The molecule has 2 aromatic carbocycles. The van der Waals surface area contributed by atoms with E-state index in [1.807, 2.05) is 54.6 Å². The van der Waals surface area contributed by atoms with Crippen molar-refractivity contribution in [2.45, 2.75) is 31.2 Å². The highest BCUT2D eigenvalue weighted by molar-refractivity contribution is 5.91. The molecule has 0 saturated heterocycles. The molecule has 27 heavy (non-hydrogen) atoms. The number of hydrogen-bond donors (Lipinski definition) is 1. The molecule has 1 fully saturated rings. The van der Waals surface area contributed by atoms with E-state index in [1.54, 1.807) is 7.11 Å². The molecule has 0 bridgehead atoms. The van der Waals surface area contributed by atoms with Gasteiger partial charge in [0, 0.05) is 0 Å². The first-order valence-corrected chi connectivity index (χ1v) is 8.98. The topological polar surface area (TPSA) is 77.2 Å². The van der Waals surface area contributed by atoms with Crippen LogP contribution in [-0.4, -0.2) is 23.2 Å². The number of nitrogens with zero attached hydrogens (tertiary/aromatic N) is 2. The summed E-state index contributed by atoms with van der Waals surface area (Å²) in [5.41, 5.74) is 1.68. The van der Waals surface area contributed by atoms with Crippen molar-refractivity contribution in [3.05, 3.63) is 77.4 Å². The first kappa shape index (κ1) is 17.3. The molecule has 3 aromatic rings. The quantitative estimate of drug-likeness (QED) is 0.698. The summed E-state index contributed by atoms with van der Waals surface area (Å²) in [6.07, 6.45) is 2.27. The van der Waals surface area contributed by atoms with Crippen molar-refractivity contribution in [1.82, 2.24) is 15.5 Å². The van der Waals surface area contributed by atoms with Gasteiger partial charge in [0.15, 0.2) is 5.82 Å². The van der Waals surface area contributed by atoms with Gasteiger partial charge in [0.05, 0.1) is 25.5 Å². The molecule has 1 aromatic heterocycles. The summed E-state index contributed by atoms with van der Waals surface area (Å²) < 4.78 is 10.5. The smallest absolute Gasteiger partial charge is 0.231 e. The van der Waals surface area contributed by atoms with Gasteiger partial charge in [0.1, 0.15) is 5.75 Å². The zero-order valence-corrected chi connectivity index (χ0v) is 15.1. The zero-order chi connectivity index (χ0) is 18.7. The van der Waals surface area contributed by atoms with Gasteiger partial charge >= 0.3 is 0 Å². The number of carbonyl (C=O) groups is 1. The Bertz CT molecular complexity index is 915. The maximum atomic E-state index is 12.7. The molecular weight excluding hydrogens is 342 g/mol. The number of methoxy groups -OCH3 is 1. The van der Waals surface area contributed by atoms with E-state index in [2.05, 4.69) is 15.5 Å². The van der Waals surface area contributed by atoms with Gasteiger partial charge in [-0.3, -0.25) is 4.79 Å². The molecular formula is C21H21N3O3. The Morgan fingerprint density at radius 3 is 2.56 bits per heavy atom. The molecule has 0 unspecified atom stereocenters. The Labute approximate surface area is 157 Å². The molecule has 1 amide bonds. The van der Waals surface area contributed by atoms with Crippen molar-refractivity contribution in [3.8, 4) is 5.75 Å². The van der Waals surface area contributed by atoms with Gasteiger partial charge in [0.25, 0.3) is 0 Å². The molecule has 6 nitrogen and oxygen atoms in total. The van der Waals surface area contributed by atoms with Gasteiger partial charge in [-0.2, -0.15) is 4.98 Å². The van der Waals surface area contributed by atoms with Gasteiger partial charge < -0.3 is 14.6 Å². The lowest BCUT2D eigenvalue weighted by Crippen LogP contribution is -2.34. The maximum Gasteiger partial charge on any atom is 0.231 e. The van der Waals surface area contributed by atoms with Crippen LogP contribution in [0.4, 0.5) is 0 Å². The van der Waals surface area contributed by atoms with E-state index in [-0.39, 0.29) is 12.5 Å². The maximum absolute atomic E-state index is 12.7. The van der Waals surface area contributed by atoms with Crippen LogP contribution in [0.1, 0.15) is 35.7 Å². The van der Waals surface area contributed by atoms with Gasteiger partial charge in [-0.15, -0.1) is 0 Å². The van der Waals surface area contributed by atoms with Crippen LogP contribution in [0.5, 0.6) is 5.75 Å². The van der Waals surface area contributed by atoms with Crippen LogP contribution in [0, 0.1) is 0 Å². The summed E-state index contributed by atoms with van der Waals surface area (Å²) in [6, 6.07) is 17.6. The van der Waals surface area contributed by atoms with Crippen LogP contribution in [-0.2, 0) is 23.2 Å². The minimum absolute atomic E-state index is 0.00192. The van der Waals surface area contributed by atoms with Crippen molar-refractivity contribution >= 4 is 5.91 Å². The number of nitrogens with one attached hydrogen (secondary N) is 1. The third-order valence-corrected chi connectivity index (χ3v) is 4.94. The molecule has 6 heteroatoms. The molecule has 1 N–H and O–H groups in total. The summed E-state index contributed by atoms with van der Waals surface area (Å²) in [4.78, 5) is 17.1. The average molecular weight is 363 g/mol. The summed E-state index contributed by atoms with van der Waals surface area (Å²) in [6.45, 7) is 0.259. The molecule has 4 rings (SSSR count). The fraction of sp³-hybridized carbons (Fsp3) is 0.286. The van der Waals surface area contributed by atoms with Crippen molar-refractivity contribution in [3.63, 3.8) is 0 Å². The second-order valence-electron chi connectivity index (χ2n) is 6.76. The Morgan fingerprint density at radius 1 is 1.15 bits per heavy atom. The Balaban J connectivity index is 1.36. The molecule has 0 spiro atoms. The minimum atomic E-state index is -0.442. The van der Waals surface area contributed by atoms with Crippen LogP contribution in [0.15, 0.2) is 59.1 Å². The number of ether oxygens (including phenoxy) is 1. The number of carbonyl (C=O) groups excluding carboxylic acids is 1. The third kappa shape index (κ3) is 3.69. The predicted molar refractivity (Wildman–Crippen MR) is 99.3 cm³/mol. The third-order valence-electron chi connectivity index (χ3n) is 4.94. The highest BCUT2D eigenvalue weighted by Gasteiger charge is 2.51. The number of aromatic nitrogens is 2. The van der Waals surface area contributed by atoms with Crippen LogP contribution < -0.4 is 10.1 Å². The molecule has 1 saturated carbocycles. The van der Waals surface area contributed by atoms with Crippen molar-refractivity contribution in [2.24, 2.45) is 0 Å². The molecule has 0 aliphatic heterocycles. The normalized spacial score (nSPS) is 14.6. The van der Waals surface area contributed by atoms with E-state index in [1.165, 1.54) is 0 Å². The number of rotatable bonds is 7. The number of benzene rings is 2. The molecule has 138 valence electrons. The molecule has 1 aliphatic carbocycles. The lowest BCUT2D eigenvalue weighted by atomic mass is 9.95. The molecule has 0 radical (unpaired) electrons. The Morgan fingerprint density at radius 2 is 1.89 bits per heavy atom. The fourth-order valence-electron chi connectivity index (χ4n) is 3.21. The van der Waals surface area contributed by atoms with E-state index >= 15 is 0 Å². The molecule has 0 atom stereocenters. The minimum Gasteiger partial charge on any atom is -0.497 e. The van der Waals surface area contributed by atoms with Crippen molar-refractivity contribution in [2.75, 3.05) is 7.11 Å². The van der Waals surface area contributed by atoms with Gasteiger partial charge in [-0.25, -0.2) is 0 Å². The summed E-state index contributed by atoms with van der Waals surface area (Å²) >= 11 is 0. The standard InChI is InChI=1S/C21H21N3O3/c1-26-17-9-7-16(8-10-17)21(11-12-21)20(25)22-14-18-23-19(27-24-18)13-15-5-3-2-4-6-15/h2-10H,11-14H2,1H3,(H,22,25). The average Bonchev–Trinajstić information content (AvgIpc) is 3.41. The van der Waals surface area contributed by atoms with E-state index in [0.29, 0.717) is 18.1 Å². The Kier molecular flexibility index (Phi) is 4.62. The van der Waals surface area contributed by atoms with Gasteiger partial charge in [-0.05, 0) is 36.1 Å². The fourth-order valence-corrected chi connectivity index (χ4v) is 3.21. The predicted octanol–water partition coefficient (Wildman–Crippen LogP) is 3.02. The first-order chi connectivity index (χ1) is 13.2. The SMILES string of the molecule is COc1ccc(C2(C(=O)NCc3noc(Cc4ccccc4)n3)CC2)cc1. The second kappa shape index (κ2) is 7.23. The lowest BCUT2D eigenvalue weighted by Gasteiger charge is -2.15. The van der Waals surface area contributed by atoms with E-state index < -0.39 is 5.41 Å². The lowest BCUT2D eigenvalue weighted by molar-refractivity contribution is -0.123. The Hall–Kier alpha value is -3.15. The van der Waals surface area contributed by atoms with E-state index in [4.69, 9.17) is 9.26 Å². The largest absolute Gasteiger partial charge is 0.497 e. The van der Waals surface area contributed by atoms with E-state index in [0.717, 1.165) is 29.7 Å². The summed E-state index contributed by atoms with van der Waals surface area (Å²) in [7, 11) is 1.63. The van der Waals surface area contributed by atoms with Crippen molar-refractivity contribution < 1.29 is 14.1 Å². The van der Waals surface area contributed by atoms with Gasteiger partial charge in [0.2, 0.25) is 11.8 Å². The van der Waals surface area contributed by atoms with Gasteiger partial charge in [-0.1, -0.05) is 47.6 Å². The number of hydrogen-bond acceptors (Lipinski definition) is 5. The highest BCUT2D eigenvalue weighted by Crippen LogP contribution is 2.48. The number of amides is 1. The second-order valence-corrected chi connectivity index (χ2v) is 6.76. The van der Waals surface area contributed by atoms with Crippen LogP contribution >= 0.6 is 0 Å².